The van der Waals surface area contributed by atoms with Crippen molar-refractivity contribution in [2.24, 2.45) is 0 Å². The third kappa shape index (κ3) is 4.53. The predicted molar refractivity (Wildman–Crippen MR) is 68.1 cm³/mol. The third-order valence-corrected chi connectivity index (χ3v) is 2.14. The summed E-state index contributed by atoms with van der Waals surface area (Å²) in [6.45, 7) is 3.85. The number of methoxy groups -OCH3 is 1. The maximum atomic E-state index is 11.2. The minimum absolute atomic E-state index is 0.0543. The molecule has 0 heterocycles. The average molecular weight is 258 g/mol. The van der Waals surface area contributed by atoms with E-state index in [1.807, 2.05) is 13.8 Å². The van der Waals surface area contributed by atoms with E-state index in [-0.39, 0.29) is 17.9 Å². The number of carbonyl (C=O) groups is 1. The summed E-state index contributed by atoms with van der Waals surface area (Å²) in [5, 5.41) is 2.65. The number of hydrogen-bond acceptors (Lipinski definition) is 3. The molecule has 0 radical (unpaired) electrons. The predicted octanol–water partition coefficient (Wildman–Crippen LogP) is 2.66. The van der Waals surface area contributed by atoms with Gasteiger partial charge in [0.05, 0.1) is 13.2 Å². The number of rotatable bonds is 5. The number of anilines is 1. The molecule has 0 saturated heterocycles. The number of hydrogen-bond donors (Lipinski definition) is 1. The first kappa shape index (κ1) is 13.6. The van der Waals surface area contributed by atoms with Gasteiger partial charge < -0.3 is 14.8 Å². The molecule has 1 rings (SSSR count). The standard InChI is InChI=1S/C12H16ClNO3/c1-8(2)17-11-5-9(14-12(15)7-13)4-10(6-11)16-3/h4-6,8H,7H2,1-3H3,(H,14,15). The maximum absolute atomic E-state index is 11.2. The van der Waals surface area contributed by atoms with Crippen molar-refractivity contribution in [3.8, 4) is 11.5 Å². The largest absolute Gasteiger partial charge is 0.497 e. The molecule has 0 aliphatic carbocycles. The van der Waals surface area contributed by atoms with Crippen molar-refractivity contribution in [1.29, 1.82) is 0 Å². The van der Waals surface area contributed by atoms with E-state index in [1.54, 1.807) is 25.3 Å². The smallest absolute Gasteiger partial charge is 0.239 e. The first-order chi connectivity index (χ1) is 8.05. The van der Waals surface area contributed by atoms with Crippen molar-refractivity contribution in [2.45, 2.75) is 20.0 Å². The Hall–Kier alpha value is -1.42. The fraction of sp³-hybridized carbons (Fsp3) is 0.417. The Morgan fingerprint density at radius 1 is 1.35 bits per heavy atom. The minimum Gasteiger partial charge on any atom is -0.497 e. The molecular formula is C12H16ClNO3. The van der Waals surface area contributed by atoms with Crippen LogP contribution in [-0.4, -0.2) is 25.0 Å². The van der Waals surface area contributed by atoms with Crippen LogP contribution in [0.3, 0.4) is 0 Å². The molecule has 0 aliphatic rings. The molecule has 0 fully saturated rings. The highest BCUT2D eigenvalue weighted by molar-refractivity contribution is 6.29. The lowest BCUT2D eigenvalue weighted by Crippen LogP contribution is -2.13. The van der Waals surface area contributed by atoms with Crippen molar-refractivity contribution in [3.63, 3.8) is 0 Å². The Bertz CT molecular complexity index is 393. The summed E-state index contributed by atoms with van der Waals surface area (Å²) in [4.78, 5) is 11.2. The Kier molecular flexibility index (Phi) is 5.10. The van der Waals surface area contributed by atoms with Crippen LogP contribution in [-0.2, 0) is 4.79 Å². The Balaban J connectivity index is 2.92. The van der Waals surface area contributed by atoms with E-state index in [0.717, 1.165) is 0 Å². The van der Waals surface area contributed by atoms with Gasteiger partial charge in [-0.05, 0) is 13.8 Å². The number of amides is 1. The zero-order valence-corrected chi connectivity index (χ0v) is 10.9. The number of ether oxygens (including phenoxy) is 2. The number of benzene rings is 1. The molecule has 0 atom stereocenters. The zero-order chi connectivity index (χ0) is 12.8. The van der Waals surface area contributed by atoms with Gasteiger partial charge >= 0.3 is 0 Å². The van der Waals surface area contributed by atoms with Gasteiger partial charge in [0.2, 0.25) is 5.91 Å². The number of alkyl halides is 1. The van der Waals surface area contributed by atoms with Gasteiger partial charge in [0, 0.05) is 23.9 Å². The molecule has 0 aromatic heterocycles. The normalized spacial score (nSPS) is 10.2. The van der Waals surface area contributed by atoms with Gasteiger partial charge in [-0.3, -0.25) is 4.79 Å². The van der Waals surface area contributed by atoms with Gasteiger partial charge in [-0.2, -0.15) is 0 Å². The lowest BCUT2D eigenvalue weighted by Gasteiger charge is -2.13. The Morgan fingerprint density at radius 2 is 2.00 bits per heavy atom. The second kappa shape index (κ2) is 6.35. The summed E-state index contributed by atoms with van der Waals surface area (Å²) < 4.78 is 10.7. The van der Waals surface area contributed by atoms with E-state index >= 15 is 0 Å². The summed E-state index contributed by atoms with van der Waals surface area (Å²) >= 11 is 5.43. The van der Waals surface area contributed by atoms with E-state index in [2.05, 4.69) is 5.32 Å². The topological polar surface area (TPSA) is 47.6 Å². The summed E-state index contributed by atoms with van der Waals surface area (Å²) in [6.07, 6.45) is 0.0543. The van der Waals surface area contributed by atoms with Crippen molar-refractivity contribution in [3.05, 3.63) is 18.2 Å². The van der Waals surface area contributed by atoms with Crippen LogP contribution >= 0.6 is 11.6 Å². The second-order valence-electron chi connectivity index (χ2n) is 3.75. The van der Waals surface area contributed by atoms with Crippen LogP contribution in [0.5, 0.6) is 11.5 Å². The molecule has 0 spiro atoms. The van der Waals surface area contributed by atoms with Gasteiger partial charge in [-0.15, -0.1) is 11.6 Å². The lowest BCUT2D eigenvalue weighted by atomic mass is 10.2. The average Bonchev–Trinajstić information content (AvgIpc) is 2.27. The highest BCUT2D eigenvalue weighted by Gasteiger charge is 2.06. The Morgan fingerprint density at radius 3 is 2.53 bits per heavy atom. The van der Waals surface area contributed by atoms with Crippen LogP contribution in [0.1, 0.15) is 13.8 Å². The first-order valence-electron chi connectivity index (χ1n) is 5.26. The van der Waals surface area contributed by atoms with Crippen LogP contribution in [0.15, 0.2) is 18.2 Å². The molecule has 0 bridgehead atoms. The molecule has 1 amide bonds. The molecule has 1 aromatic rings. The van der Waals surface area contributed by atoms with E-state index < -0.39 is 0 Å². The summed E-state index contributed by atoms with van der Waals surface area (Å²) in [6, 6.07) is 5.20. The van der Waals surface area contributed by atoms with E-state index in [1.165, 1.54) is 0 Å². The van der Waals surface area contributed by atoms with Crippen LogP contribution in [0.4, 0.5) is 5.69 Å². The zero-order valence-electron chi connectivity index (χ0n) is 10.1. The van der Waals surface area contributed by atoms with Crippen LogP contribution < -0.4 is 14.8 Å². The van der Waals surface area contributed by atoms with E-state index in [9.17, 15) is 4.79 Å². The molecule has 94 valence electrons. The van der Waals surface area contributed by atoms with Crippen molar-refractivity contribution >= 4 is 23.2 Å². The van der Waals surface area contributed by atoms with Crippen molar-refractivity contribution < 1.29 is 14.3 Å². The molecule has 0 unspecified atom stereocenters. The molecule has 17 heavy (non-hydrogen) atoms. The first-order valence-corrected chi connectivity index (χ1v) is 5.80. The number of carbonyl (C=O) groups excluding carboxylic acids is 1. The molecule has 4 nitrogen and oxygen atoms in total. The SMILES string of the molecule is COc1cc(NC(=O)CCl)cc(OC(C)C)c1. The van der Waals surface area contributed by atoms with Gasteiger partial charge in [-0.25, -0.2) is 0 Å². The minimum atomic E-state index is -0.268. The molecule has 5 heteroatoms. The summed E-state index contributed by atoms with van der Waals surface area (Å²) in [7, 11) is 1.56. The molecule has 0 aliphatic heterocycles. The summed E-state index contributed by atoms with van der Waals surface area (Å²) in [5.41, 5.74) is 0.602. The summed E-state index contributed by atoms with van der Waals surface area (Å²) in [5.74, 6) is 0.907. The van der Waals surface area contributed by atoms with Gasteiger partial charge in [0.1, 0.15) is 17.4 Å². The highest BCUT2D eigenvalue weighted by Crippen LogP contribution is 2.26. The highest BCUT2D eigenvalue weighted by atomic mass is 35.5. The fourth-order valence-electron chi connectivity index (χ4n) is 1.30. The quantitative estimate of drug-likeness (QED) is 0.825. The van der Waals surface area contributed by atoms with Gasteiger partial charge in [-0.1, -0.05) is 0 Å². The van der Waals surface area contributed by atoms with Crippen LogP contribution in [0, 0.1) is 0 Å². The Labute approximate surface area is 106 Å². The molecule has 1 aromatic carbocycles. The number of nitrogens with one attached hydrogen (secondary N) is 1. The van der Waals surface area contributed by atoms with Gasteiger partial charge in [0.15, 0.2) is 0 Å². The van der Waals surface area contributed by atoms with Crippen LogP contribution in [0.25, 0.3) is 0 Å². The lowest BCUT2D eigenvalue weighted by molar-refractivity contribution is -0.113. The third-order valence-electron chi connectivity index (χ3n) is 1.89. The van der Waals surface area contributed by atoms with Crippen molar-refractivity contribution in [1.82, 2.24) is 0 Å². The molecule has 0 saturated carbocycles. The van der Waals surface area contributed by atoms with Crippen LogP contribution in [0.2, 0.25) is 0 Å². The fourth-order valence-corrected chi connectivity index (χ4v) is 1.36. The van der Waals surface area contributed by atoms with Gasteiger partial charge in [0.25, 0.3) is 0 Å². The van der Waals surface area contributed by atoms with E-state index in [0.29, 0.717) is 17.2 Å². The van der Waals surface area contributed by atoms with Crippen molar-refractivity contribution in [2.75, 3.05) is 18.3 Å². The van der Waals surface area contributed by atoms with E-state index in [4.69, 9.17) is 21.1 Å². The molecular weight excluding hydrogens is 242 g/mol. The molecule has 1 N–H and O–H groups in total. The maximum Gasteiger partial charge on any atom is 0.239 e. The second-order valence-corrected chi connectivity index (χ2v) is 4.01. The number of halogens is 1. The monoisotopic (exact) mass is 257 g/mol.